The molecule has 0 atom stereocenters. The number of carbonyl (C=O) groups excluding carboxylic acids is 2. The molecule has 3 aromatic rings. The molecule has 0 aliphatic rings. The van der Waals surface area contributed by atoms with Gasteiger partial charge in [0.15, 0.2) is 0 Å². The van der Waals surface area contributed by atoms with Crippen LogP contribution in [-0.2, 0) is 22.6 Å². The highest BCUT2D eigenvalue weighted by Gasteiger charge is 2.14. The summed E-state index contributed by atoms with van der Waals surface area (Å²) in [5.41, 5.74) is 6.83. The molecule has 0 heterocycles. The van der Waals surface area contributed by atoms with Crippen molar-refractivity contribution < 1.29 is 14.3 Å². The number of benzene rings is 3. The Morgan fingerprint density at radius 2 is 1.74 bits per heavy atom. The molecule has 31 heavy (non-hydrogen) atoms. The van der Waals surface area contributed by atoms with Gasteiger partial charge in [0.05, 0.1) is 6.21 Å². The Balaban J connectivity index is 1.53. The fraction of sp³-hybridized carbons (Fsp3) is 0.160. The van der Waals surface area contributed by atoms with E-state index in [0.29, 0.717) is 18.0 Å². The summed E-state index contributed by atoms with van der Waals surface area (Å²) in [6.45, 7) is 4.48. The lowest BCUT2D eigenvalue weighted by Gasteiger charge is -2.08. The van der Waals surface area contributed by atoms with Gasteiger partial charge in [-0.25, -0.2) is 5.43 Å². The summed E-state index contributed by atoms with van der Waals surface area (Å²) in [5, 5.41) is 6.48. The molecule has 2 N–H and O–H groups in total. The number of nitrogens with one attached hydrogen (secondary N) is 2. The molecule has 2 amide bonds. The van der Waals surface area contributed by atoms with Crippen LogP contribution in [0.2, 0.25) is 0 Å². The lowest BCUT2D eigenvalue weighted by Crippen LogP contribution is -2.32. The monoisotopic (exact) mass is 415 g/mol. The van der Waals surface area contributed by atoms with Crippen molar-refractivity contribution in [1.29, 1.82) is 0 Å². The molecule has 0 aliphatic heterocycles. The number of ether oxygens (including phenoxy) is 1. The maximum atomic E-state index is 12.1. The van der Waals surface area contributed by atoms with Crippen molar-refractivity contribution in [2.45, 2.75) is 26.9 Å². The van der Waals surface area contributed by atoms with Gasteiger partial charge < -0.3 is 10.1 Å². The normalized spacial score (nSPS) is 10.6. The number of nitrogens with zero attached hydrogens (tertiary/aromatic N) is 1. The Hall–Kier alpha value is -3.93. The van der Waals surface area contributed by atoms with Gasteiger partial charge >= 0.3 is 11.8 Å². The third-order valence-corrected chi connectivity index (χ3v) is 4.62. The fourth-order valence-electron chi connectivity index (χ4n) is 2.88. The first-order chi connectivity index (χ1) is 15.0. The van der Waals surface area contributed by atoms with Crippen molar-refractivity contribution in [2.24, 2.45) is 5.10 Å². The number of hydrazone groups is 1. The van der Waals surface area contributed by atoms with Gasteiger partial charge in [0, 0.05) is 5.69 Å². The summed E-state index contributed by atoms with van der Waals surface area (Å²) in [7, 11) is 0. The maximum absolute atomic E-state index is 12.1. The van der Waals surface area contributed by atoms with Crippen LogP contribution in [0.5, 0.6) is 5.75 Å². The Morgan fingerprint density at radius 3 is 2.52 bits per heavy atom. The second-order valence-corrected chi connectivity index (χ2v) is 7.01. The van der Waals surface area contributed by atoms with E-state index in [1.54, 1.807) is 18.2 Å². The molecule has 3 aromatic carbocycles. The minimum Gasteiger partial charge on any atom is -0.489 e. The summed E-state index contributed by atoms with van der Waals surface area (Å²) in [6.07, 6.45) is 2.21. The zero-order valence-corrected chi connectivity index (χ0v) is 17.6. The van der Waals surface area contributed by atoms with Gasteiger partial charge in [0.25, 0.3) is 0 Å². The van der Waals surface area contributed by atoms with E-state index in [9.17, 15) is 9.59 Å². The first kappa shape index (κ1) is 21.8. The standard InChI is InChI=1S/C25H25N3O3/c1-3-21-8-4-5-10-23(21)27-24(29)25(30)28-26-16-20-7-6-9-22(15-20)31-17-19-13-11-18(2)12-14-19/h4-16H,3,17H2,1-2H3,(H,27,29)(H,28,30)/b26-16-. The largest absolute Gasteiger partial charge is 0.489 e. The molecule has 6 nitrogen and oxygen atoms in total. The van der Waals surface area contributed by atoms with E-state index in [-0.39, 0.29) is 0 Å². The number of anilines is 1. The number of carbonyl (C=O) groups is 2. The van der Waals surface area contributed by atoms with Crippen LogP contribution in [0.25, 0.3) is 0 Å². The molecule has 6 heteroatoms. The molecule has 0 fully saturated rings. The van der Waals surface area contributed by atoms with E-state index in [4.69, 9.17) is 4.74 Å². The predicted octanol–water partition coefficient (Wildman–Crippen LogP) is 4.23. The number of amides is 2. The smallest absolute Gasteiger partial charge is 0.329 e. The predicted molar refractivity (Wildman–Crippen MR) is 122 cm³/mol. The second-order valence-electron chi connectivity index (χ2n) is 7.01. The molecule has 0 bridgehead atoms. The number of hydrogen-bond donors (Lipinski definition) is 2. The number of hydrogen-bond acceptors (Lipinski definition) is 4. The van der Waals surface area contributed by atoms with Crippen LogP contribution < -0.4 is 15.5 Å². The van der Waals surface area contributed by atoms with Crippen molar-refractivity contribution in [3.8, 4) is 5.75 Å². The number of aryl methyl sites for hydroxylation is 2. The SMILES string of the molecule is CCc1ccccc1NC(=O)C(=O)N/N=C\c1cccc(OCc2ccc(C)cc2)c1. The molecule has 0 radical (unpaired) electrons. The minimum atomic E-state index is -0.839. The highest BCUT2D eigenvalue weighted by Crippen LogP contribution is 2.16. The summed E-state index contributed by atoms with van der Waals surface area (Å²) < 4.78 is 5.81. The Bertz CT molecular complexity index is 1080. The van der Waals surface area contributed by atoms with Gasteiger partial charge in [-0.05, 0) is 48.2 Å². The van der Waals surface area contributed by atoms with E-state index in [1.165, 1.54) is 11.8 Å². The molecule has 0 aliphatic carbocycles. The molecular formula is C25H25N3O3. The van der Waals surface area contributed by atoms with Gasteiger partial charge in [-0.3, -0.25) is 9.59 Å². The topological polar surface area (TPSA) is 79.8 Å². The second kappa shape index (κ2) is 10.7. The van der Waals surface area contributed by atoms with Gasteiger partial charge in [0.1, 0.15) is 12.4 Å². The molecule has 0 aromatic heterocycles. The fourth-order valence-corrected chi connectivity index (χ4v) is 2.88. The van der Waals surface area contributed by atoms with Crippen LogP contribution in [0.4, 0.5) is 5.69 Å². The summed E-state index contributed by atoms with van der Waals surface area (Å²) >= 11 is 0. The van der Waals surface area contributed by atoms with Gasteiger partial charge in [-0.1, -0.05) is 67.1 Å². The van der Waals surface area contributed by atoms with Crippen molar-refractivity contribution in [3.63, 3.8) is 0 Å². The van der Waals surface area contributed by atoms with Crippen LogP contribution in [0, 0.1) is 6.92 Å². The van der Waals surface area contributed by atoms with Crippen molar-refractivity contribution >= 4 is 23.7 Å². The molecule has 158 valence electrons. The molecular weight excluding hydrogens is 390 g/mol. The molecule has 0 spiro atoms. The Morgan fingerprint density at radius 1 is 0.968 bits per heavy atom. The van der Waals surface area contributed by atoms with Crippen LogP contribution in [0.1, 0.15) is 29.2 Å². The summed E-state index contributed by atoms with van der Waals surface area (Å²) in [4.78, 5) is 24.1. The average Bonchev–Trinajstić information content (AvgIpc) is 2.79. The van der Waals surface area contributed by atoms with Crippen LogP contribution >= 0.6 is 0 Å². The quantitative estimate of drug-likeness (QED) is 0.344. The lowest BCUT2D eigenvalue weighted by molar-refractivity contribution is -0.136. The van der Waals surface area contributed by atoms with Crippen LogP contribution in [-0.4, -0.2) is 18.0 Å². The van der Waals surface area contributed by atoms with Gasteiger partial charge in [-0.15, -0.1) is 0 Å². The minimum absolute atomic E-state index is 0.455. The van der Waals surface area contributed by atoms with Crippen molar-refractivity contribution in [3.05, 3.63) is 95.1 Å². The van der Waals surface area contributed by atoms with E-state index in [0.717, 1.165) is 23.1 Å². The maximum Gasteiger partial charge on any atom is 0.329 e. The van der Waals surface area contributed by atoms with E-state index in [1.807, 2.05) is 68.4 Å². The summed E-state index contributed by atoms with van der Waals surface area (Å²) in [6, 6.07) is 22.8. The first-order valence-corrected chi connectivity index (χ1v) is 10.1. The third-order valence-electron chi connectivity index (χ3n) is 4.62. The van der Waals surface area contributed by atoms with Crippen LogP contribution in [0.3, 0.4) is 0 Å². The number of rotatable bonds is 7. The molecule has 0 unspecified atom stereocenters. The molecule has 3 rings (SSSR count). The first-order valence-electron chi connectivity index (χ1n) is 10.1. The Kier molecular flexibility index (Phi) is 7.54. The van der Waals surface area contributed by atoms with E-state index in [2.05, 4.69) is 15.8 Å². The zero-order valence-electron chi connectivity index (χ0n) is 17.6. The third kappa shape index (κ3) is 6.54. The Labute approximate surface area is 182 Å². The highest BCUT2D eigenvalue weighted by atomic mass is 16.5. The molecule has 0 saturated carbocycles. The zero-order chi connectivity index (χ0) is 22.1. The lowest BCUT2D eigenvalue weighted by atomic mass is 10.1. The van der Waals surface area contributed by atoms with E-state index >= 15 is 0 Å². The summed E-state index contributed by atoms with van der Waals surface area (Å²) in [5.74, 6) is -0.924. The average molecular weight is 415 g/mol. The van der Waals surface area contributed by atoms with Crippen molar-refractivity contribution in [1.82, 2.24) is 5.43 Å². The van der Waals surface area contributed by atoms with E-state index < -0.39 is 11.8 Å². The van der Waals surface area contributed by atoms with Gasteiger partial charge in [-0.2, -0.15) is 5.10 Å². The van der Waals surface area contributed by atoms with Crippen molar-refractivity contribution in [2.75, 3.05) is 5.32 Å². The molecule has 0 saturated heterocycles. The van der Waals surface area contributed by atoms with Crippen LogP contribution in [0.15, 0.2) is 77.9 Å². The van der Waals surface area contributed by atoms with Gasteiger partial charge in [0.2, 0.25) is 0 Å². The number of para-hydroxylation sites is 1. The highest BCUT2D eigenvalue weighted by molar-refractivity contribution is 6.39.